The lowest BCUT2D eigenvalue weighted by atomic mass is 10.1. The van der Waals surface area contributed by atoms with E-state index in [1.165, 1.54) is 7.11 Å². The number of carbonyl (C=O) groups is 1. The first-order valence-electron chi connectivity index (χ1n) is 6.06. The van der Waals surface area contributed by atoms with Crippen molar-refractivity contribution in [2.45, 2.75) is 6.42 Å². The van der Waals surface area contributed by atoms with Crippen molar-refractivity contribution in [3.05, 3.63) is 30.1 Å². The molecule has 1 aliphatic heterocycles. The third kappa shape index (κ3) is 2.07. The van der Waals surface area contributed by atoms with Crippen molar-refractivity contribution in [3.8, 4) is 11.5 Å². The minimum atomic E-state index is -0.458. The van der Waals surface area contributed by atoms with Gasteiger partial charge in [0, 0.05) is 18.0 Å². The molecule has 19 heavy (non-hydrogen) atoms. The maximum Gasteiger partial charge on any atom is 0.357 e. The highest BCUT2D eigenvalue weighted by Crippen LogP contribution is 2.35. The van der Waals surface area contributed by atoms with Crippen LogP contribution < -0.4 is 9.47 Å². The van der Waals surface area contributed by atoms with E-state index < -0.39 is 5.97 Å². The molecule has 0 saturated carbocycles. The summed E-state index contributed by atoms with van der Waals surface area (Å²) in [6, 6.07) is 5.48. The van der Waals surface area contributed by atoms with E-state index in [9.17, 15) is 4.79 Å². The smallest absolute Gasteiger partial charge is 0.357 e. The molecular formula is C14H13NO4. The van der Waals surface area contributed by atoms with E-state index in [0.29, 0.717) is 30.1 Å². The first-order chi connectivity index (χ1) is 9.29. The zero-order chi connectivity index (χ0) is 13.2. The lowest BCUT2D eigenvalue weighted by Crippen LogP contribution is -2.05. The highest BCUT2D eigenvalue weighted by atomic mass is 16.5. The fourth-order valence-electron chi connectivity index (χ4n) is 2.09. The second kappa shape index (κ2) is 4.76. The van der Waals surface area contributed by atoms with E-state index in [1.807, 2.05) is 12.1 Å². The first-order valence-corrected chi connectivity index (χ1v) is 6.06. The fourth-order valence-corrected chi connectivity index (χ4v) is 2.09. The van der Waals surface area contributed by atoms with E-state index in [1.54, 1.807) is 12.3 Å². The standard InChI is InChI=1S/C14H13NO4/c1-17-14(16)13-10-8-12-11(18-5-2-6-19-12)7-9(10)3-4-15-13/h3-4,7-8H,2,5-6H2,1H3. The molecule has 0 unspecified atom stereocenters. The summed E-state index contributed by atoms with van der Waals surface area (Å²) >= 11 is 0. The third-order valence-corrected chi connectivity index (χ3v) is 3.01. The summed E-state index contributed by atoms with van der Waals surface area (Å²) in [5.74, 6) is 0.884. The maximum atomic E-state index is 11.7. The van der Waals surface area contributed by atoms with E-state index in [2.05, 4.69) is 4.98 Å². The second-order valence-corrected chi connectivity index (χ2v) is 4.22. The van der Waals surface area contributed by atoms with Gasteiger partial charge >= 0.3 is 5.97 Å². The Kier molecular flexibility index (Phi) is 2.95. The zero-order valence-electron chi connectivity index (χ0n) is 10.5. The molecule has 0 spiro atoms. The van der Waals surface area contributed by atoms with Crippen molar-refractivity contribution in [3.63, 3.8) is 0 Å². The number of fused-ring (bicyclic) bond motifs is 2. The lowest BCUT2D eigenvalue weighted by molar-refractivity contribution is 0.0596. The molecule has 2 aromatic rings. The highest BCUT2D eigenvalue weighted by molar-refractivity contribution is 6.03. The van der Waals surface area contributed by atoms with Crippen molar-refractivity contribution in [1.82, 2.24) is 4.98 Å². The Morgan fingerprint density at radius 1 is 1.26 bits per heavy atom. The number of aromatic nitrogens is 1. The van der Waals surface area contributed by atoms with E-state index in [-0.39, 0.29) is 5.69 Å². The number of hydrogen-bond donors (Lipinski definition) is 0. The molecule has 0 radical (unpaired) electrons. The maximum absolute atomic E-state index is 11.7. The van der Waals surface area contributed by atoms with E-state index >= 15 is 0 Å². The van der Waals surface area contributed by atoms with Crippen LogP contribution in [0.4, 0.5) is 0 Å². The molecule has 0 atom stereocenters. The Morgan fingerprint density at radius 2 is 2.00 bits per heavy atom. The average Bonchev–Trinajstić information content (AvgIpc) is 2.68. The summed E-state index contributed by atoms with van der Waals surface area (Å²) in [7, 11) is 1.34. The van der Waals surface area contributed by atoms with Crippen molar-refractivity contribution in [1.29, 1.82) is 0 Å². The Labute approximate surface area is 110 Å². The number of benzene rings is 1. The molecule has 2 heterocycles. The predicted octanol–water partition coefficient (Wildman–Crippen LogP) is 2.18. The van der Waals surface area contributed by atoms with Crippen LogP contribution in [0.5, 0.6) is 11.5 Å². The molecule has 0 aliphatic carbocycles. The van der Waals surface area contributed by atoms with Gasteiger partial charge in [0.05, 0.1) is 20.3 Å². The molecule has 98 valence electrons. The number of pyridine rings is 1. The third-order valence-electron chi connectivity index (χ3n) is 3.01. The molecule has 0 amide bonds. The molecule has 0 bridgehead atoms. The largest absolute Gasteiger partial charge is 0.490 e. The highest BCUT2D eigenvalue weighted by Gasteiger charge is 2.17. The molecular weight excluding hydrogens is 246 g/mol. The molecule has 5 nitrogen and oxygen atoms in total. The number of methoxy groups -OCH3 is 1. The van der Waals surface area contributed by atoms with Gasteiger partial charge < -0.3 is 14.2 Å². The number of carbonyl (C=O) groups excluding carboxylic acids is 1. The van der Waals surface area contributed by atoms with Crippen molar-refractivity contribution in [2.75, 3.05) is 20.3 Å². The van der Waals surface area contributed by atoms with Crippen molar-refractivity contribution < 1.29 is 19.0 Å². The summed E-state index contributed by atoms with van der Waals surface area (Å²) in [5.41, 5.74) is 0.288. The Morgan fingerprint density at radius 3 is 2.74 bits per heavy atom. The van der Waals surface area contributed by atoms with Gasteiger partial charge in [0.2, 0.25) is 0 Å². The molecule has 0 fully saturated rings. The fraction of sp³-hybridized carbons (Fsp3) is 0.286. The lowest BCUT2D eigenvalue weighted by Gasteiger charge is -2.10. The summed E-state index contributed by atoms with van der Waals surface area (Å²) in [5, 5.41) is 1.58. The van der Waals surface area contributed by atoms with Gasteiger partial charge in [-0.15, -0.1) is 0 Å². The van der Waals surface area contributed by atoms with Gasteiger partial charge in [-0.05, 0) is 23.6 Å². The molecule has 1 aliphatic rings. The first kappa shape index (κ1) is 11.8. The number of nitrogens with zero attached hydrogens (tertiary/aromatic N) is 1. The van der Waals surface area contributed by atoms with E-state index in [0.717, 1.165) is 11.8 Å². The Hall–Kier alpha value is -2.30. The molecule has 5 heteroatoms. The number of esters is 1. The van der Waals surface area contributed by atoms with Gasteiger partial charge in [-0.1, -0.05) is 0 Å². The summed E-state index contributed by atoms with van der Waals surface area (Å²) in [6.45, 7) is 1.24. The minimum Gasteiger partial charge on any atom is -0.490 e. The monoisotopic (exact) mass is 259 g/mol. The van der Waals surface area contributed by atoms with Gasteiger partial charge in [0.1, 0.15) is 0 Å². The van der Waals surface area contributed by atoms with Gasteiger partial charge in [0.15, 0.2) is 17.2 Å². The summed E-state index contributed by atoms with van der Waals surface area (Å²) in [6.07, 6.45) is 2.42. The van der Waals surface area contributed by atoms with Gasteiger partial charge in [-0.25, -0.2) is 9.78 Å². The average molecular weight is 259 g/mol. The van der Waals surface area contributed by atoms with Crippen LogP contribution >= 0.6 is 0 Å². The minimum absolute atomic E-state index is 0.288. The van der Waals surface area contributed by atoms with Crippen LogP contribution in [0.25, 0.3) is 10.8 Å². The number of hydrogen-bond acceptors (Lipinski definition) is 5. The van der Waals surface area contributed by atoms with Crippen LogP contribution in [0.1, 0.15) is 16.9 Å². The van der Waals surface area contributed by atoms with E-state index in [4.69, 9.17) is 14.2 Å². The van der Waals surface area contributed by atoms with Gasteiger partial charge in [-0.3, -0.25) is 0 Å². The van der Waals surface area contributed by atoms with Gasteiger partial charge in [0.25, 0.3) is 0 Å². The molecule has 0 saturated heterocycles. The normalized spacial score (nSPS) is 13.9. The second-order valence-electron chi connectivity index (χ2n) is 4.22. The predicted molar refractivity (Wildman–Crippen MR) is 68.7 cm³/mol. The molecule has 1 aromatic heterocycles. The summed E-state index contributed by atoms with van der Waals surface area (Å²) < 4.78 is 16.0. The van der Waals surface area contributed by atoms with Crippen LogP contribution in [-0.2, 0) is 4.74 Å². The van der Waals surface area contributed by atoms with Crippen LogP contribution in [-0.4, -0.2) is 31.3 Å². The summed E-state index contributed by atoms with van der Waals surface area (Å²) in [4.78, 5) is 15.8. The van der Waals surface area contributed by atoms with Gasteiger partial charge in [-0.2, -0.15) is 0 Å². The number of rotatable bonds is 1. The van der Waals surface area contributed by atoms with Crippen LogP contribution in [0, 0.1) is 0 Å². The van der Waals surface area contributed by atoms with Crippen molar-refractivity contribution in [2.24, 2.45) is 0 Å². The van der Waals surface area contributed by atoms with Crippen LogP contribution in [0.15, 0.2) is 24.4 Å². The molecule has 3 rings (SSSR count). The zero-order valence-corrected chi connectivity index (χ0v) is 10.5. The quantitative estimate of drug-likeness (QED) is 0.735. The van der Waals surface area contributed by atoms with Crippen LogP contribution in [0.2, 0.25) is 0 Å². The Bertz CT molecular complexity index is 639. The SMILES string of the molecule is COC(=O)c1nccc2cc3c(cc12)OCCCO3. The molecule has 1 aromatic carbocycles. The topological polar surface area (TPSA) is 57.7 Å². The Balaban J connectivity index is 2.21. The number of ether oxygens (including phenoxy) is 3. The molecule has 0 N–H and O–H groups in total. The van der Waals surface area contributed by atoms with Crippen molar-refractivity contribution >= 4 is 16.7 Å². The van der Waals surface area contributed by atoms with Crippen LogP contribution in [0.3, 0.4) is 0 Å².